The molecule has 0 fully saturated rings. The van der Waals surface area contributed by atoms with Gasteiger partial charge in [0.05, 0.1) is 0 Å². The van der Waals surface area contributed by atoms with Gasteiger partial charge in [-0.1, -0.05) is 22.8 Å². The number of amidine groups is 1. The number of aromatic nitrogens is 1. The molecule has 0 radical (unpaired) electrons. The molecule has 20 heavy (non-hydrogen) atoms. The fourth-order valence-corrected chi connectivity index (χ4v) is 1.86. The van der Waals surface area contributed by atoms with Crippen LogP contribution < -0.4 is 10.5 Å². The minimum absolute atomic E-state index is 0.0704. The number of nitrogens with two attached hydrogens (primary N) is 1. The summed E-state index contributed by atoms with van der Waals surface area (Å²) in [5.41, 5.74) is 7.68. The van der Waals surface area contributed by atoms with Gasteiger partial charge in [0.1, 0.15) is 11.4 Å². The Morgan fingerprint density at radius 3 is 2.55 bits per heavy atom. The Morgan fingerprint density at radius 1 is 1.30 bits per heavy atom. The highest BCUT2D eigenvalue weighted by atomic mass is 35.5. The molecule has 0 aliphatic heterocycles. The Bertz CT molecular complexity index is 648. The highest BCUT2D eigenvalue weighted by Gasteiger charge is 2.07. The SMILES string of the molecule is Cc1cc(Oc2cccc(C(N)=NO)n2)cc(C)c1Cl. The first-order chi connectivity index (χ1) is 9.51. The van der Waals surface area contributed by atoms with Crippen molar-refractivity contribution in [1.82, 2.24) is 4.98 Å². The standard InChI is InChI=1S/C14H14ClN3O2/c1-8-6-10(7-9(2)13(8)15)20-12-5-3-4-11(17-12)14(16)18-19/h3-7,19H,1-2H3,(H2,16,18). The molecule has 0 bridgehead atoms. The van der Waals surface area contributed by atoms with Gasteiger partial charge in [0.25, 0.3) is 0 Å². The molecule has 3 N–H and O–H groups in total. The summed E-state index contributed by atoms with van der Waals surface area (Å²) in [5, 5.41) is 12.3. The van der Waals surface area contributed by atoms with E-state index in [2.05, 4.69) is 10.1 Å². The minimum Gasteiger partial charge on any atom is -0.439 e. The number of oxime groups is 1. The zero-order valence-corrected chi connectivity index (χ0v) is 11.8. The zero-order chi connectivity index (χ0) is 14.7. The van der Waals surface area contributed by atoms with Crippen LogP contribution in [0.3, 0.4) is 0 Å². The third-order valence-corrected chi connectivity index (χ3v) is 3.32. The van der Waals surface area contributed by atoms with Crippen LogP contribution in [0.2, 0.25) is 5.02 Å². The van der Waals surface area contributed by atoms with Crippen molar-refractivity contribution in [1.29, 1.82) is 0 Å². The molecule has 2 aromatic rings. The highest BCUT2D eigenvalue weighted by molar-refractivity contribution is 6.32. The maximum Gasteiger partial charge on any atom is 0.219 e. The van der Waals surface area contributed by atoms with Gasteiger partial charge >= 0.3 is 0 Å². The van der Waals surface area contributed by atoms with E-state index in [0.717, 1.165) is 16.1 Å². The molecule has 0 atom stereocenters. The Hall–Kier alpha value is -2.27. The van der Waals surface area contributed by atoms with Crippen LogP contribution in [0.5, 0.6) is 11.6 Å². The Labute approximate surface area is 121 Å². The predicted molar refractivity (Wildman–Crippen MR) is 77.7 cm³/mol. The van der Waals surface area contributed by atoms with Crippen LogP contribution in [-0.4, -0.2) is 16.0 Å². The predicted octanol–water partition coefficient (Wildman–Crippen LogP) is 3.24. The number of pyridine rings is 1. The van der Waals surface area contributed by atoms with Crippen molar-refractivity contribution in [2.75, 3.05) is 0 Å². The van der Waals surface area contributed by atoms with Gasteiger partial charge in [-0.05, 0) is 43.2 Å². The van der Waals surface area contributed by atoms with Gasteiger partial charge in [0.15, 0.2) is 5.84 Å². The van der Waals surface area contributed by atoms with Gasteiger partial charge in [-0.15, -0.1) is 0 Å². The molecule has 0 spiro atoms. The molecule has 1 heterocycles. The van der Waals surface area contributed by atoms with E-state index in [1.54, 1.807) is 18.2 Å². The summed E-state index contributed by atoms with van der Waals surface area (Å²) in [7, 11) is 0. The normalized spacial score (nSPS) is 11.4. The van der Waals surface area contributed by atoms with Crippen LogP contribution in [0, 0.1) is 13.8 Å². The van der Waals surface area contributed by atoms with Crippen molar-refractivity contribution in [3.63, 3.8) is 0 Å². The van der Waals surface area contributed by atoms with E-state index in [1.807, 2.05) is 26.0 Å². The monoisotopic (exact) mass is 291 g/mol. The van der Waals surface area contributed by atoms with Gasteiger partial charge < -0.3 is 15.7 Å². The van der Waals surface area contributed by atoms with E-state index in [-0.39, 0.29) is 5.84 Å². The largest absolute Gasteiger partial charge is 0.439 e. The lowest BCUT2D eigenvalue weighted by atomic mass is 10.1. The average molecular weight is 292 g/mol. The van der Waals surface area contributed by atoms with E-state index in [9.17, 15) is 0 Å². The Morgan fingerprint density at radius 2 is 1.95 bits per heavy atom. The van der Waals surface area contributed by atoms with Crippen molar-refractivity contribution < 1.29 is 9.94 Å². The fraction of sp³-hybridized carbons (Fsp3) is 0.143. The van der Waals surface area contributed by atoms with E-state index >= 15 is 0 Å². The third-order valence-electron chi connectivity index (χ3n) is 2.73. The lowest BCUT2D eigenvalue weighted by molar-refractivity contribution is 0.318. The number of hydrogen-bond acceptors (Lipinski definition) is 4. The molecule has 0 aliphatic carbocycles. The minimum atomic E-state index is -0.0704. The molecular weight excluding hydrogens is 278 g/mol. The second kappa shape index (κ2) is 5.79. The third kappa shape index (κ3) is 3.00. The number of ether oxygens (including phenoxy) is 1. The van der Waals surface area contributed by atoms with Crippen molar-refractivity contribution >= 4 is 17.4 Å². The van der Waals surface area contributed by atoms with Crippen LogP contribution in [0.1, 0.15) is 16.8 Å². The molecule has 5 nitrogen and oxygen atoms in total. The topological polar surface area (TPSA) is 80.7 Å². The molecule has 6 heteroatoms. The number of halogens is 1. The second-order valence-corrected chi connectivity index (χ2v) is 4.70. The molecule has 0 saturated heterocycles. The zero-order valence-electron chi connectivity index (χ0n) is 11.1. The molecule has 0 unspecified atom stereocenters. The summed E-state index contributed by atoms with van der Waals surface area (Å²) in [4.78, 5) is 4.15. The quantitative estimate of drug-likeness (QED) is 0.394. The molecule has 1 aromatic carbocycles. The molecule has 1 aromatic heterocycles. The summed E-state index contributed by atoms with van der Waals surface area (Å²) < 4.78 is 5.67. The van der Waals surface area contributed by atoms with Crippen LogP contribution >= 0.6 is 11.6 Å². The van der Waals surface area contributed by atoms with Gasteiger partial charge in [-0.2, -0.15) is 0 Å². The highest BCUT2D eigenvalue weighted by Crippen LogP contribution is 2.28. The van der Waals surface area contributed by atoms with Crippen LogP contribution in [0.15, 0.2) is 35.5 Å². The number of rotatable bonds is 3. The first kappa shape index (κ1) is 14.1. The van der Waals surface area contributed by atoms with Crippen LogP contribution in [-0.2, 0) is 0 Å². The second-order valence-electron chi connectivity index (χ2n) is 4.32. The Balaban J connectivity index is 2.31. The summed E-state index contributed by atoms with van der Waals surface area (Å²) in [6.45, 7) is 3.81. The fourth-order valence-electron chi connectivity index (χ4n) is 1.75. The van der Waals surface area contributed by atoms with Gasteiger partial charge in [-0.25, -0.2) is 4.98 Å². The molecule has 104 valence electrons. The summed E-state index contributed by atoms with van der Waals surface area (Å²) >= 11 is 6.11. The van der Waals surface area contributed by atoms with E-state index in [4.69, 9.17) is 27.3 Å². The molecule has 2 rings (SSSR count). The van der Waals surface area contributed by atoms with E-state index < -0.39 is 0 Å². The molecule has 0 amide bonds. The molecular formula is C14H14ClN3O2. The summed E-state index contributed by atoms with van der Waals surface area (Å²) in [6, 6.07) is 8.68. The van der Waals surface area contributed by atoms with Crippen LogP contribution in [0.25, 0.3) is 0 Å². The molecule has 0 saturated carbocycles. The number of benzene rings is 1. The molecule has 0 aliphatic rings. The van der Waals surface area contributed by atoms with Crippen molar-refractivity contribution in [2.24, 2.45) is 10.9 Å². The summed E-state index contributed by atoms with van der Waals surface area (Å²) in [6.07, 6.45) is 0. The number of hydrogen-bond donors (Lipinski definition) is 2. The van der Waals surface area contributed by atoms with E-state index in [0.29, 0.717) is 17.3 Å². The van der Waals surface area contributed by atoms with Crippen LogP contribution in [0.4, 0.5) is 0 Å². The van der Waals surface area contributed by atoms with Gasteiger partial charge in [0.2, 0.25) is 5.88 Å². The Kier molecular flexibility index (Phi) is 4.10. The smallest absolute Gasteiger partial charge is 0.219 e. The first-order valence-corrected chi connectivity index (χ1v) is 6.28. The first-order valence-electron chi connectivity index (χ1n) is 5.91. The lowest BCUT2D eigenvalue weighted by Gasteiger charge is -2.09. The maximum absolute atomic E-state index is 8.64. The van der Waals surface area contributed by atoms with Gasteiger partial charge in [-0.3, -0.25) is 0 Å². The summed E-state index contributed by atoms with van der Waals surface area (Å²) in [5.74, 6) is 0.919. The van der Waals surface area contributed by atoms with Gasteiger partial charge in [0, 0.05) is 11.1 Å². The maximum atomic E-state index is 8.64. The van der Waals surface area contributed by atoms with E-state index in [1.165, 1.54) is 0 Å². The average Bonchev–Trinajstić information content (AvgIpc) is 2.44. The number of aryl methyl sites for hydroxylation is 2. The van der Waals surface area contributed by atoms with Crippen molar-refractivity contribution in [2.45, 2.75) is 13.8 Å². The number of nitrogens with zero attached hydrogens (tertiary/aromatic N) is 2. The van der Waals surface area contributed by atoms with Crippen molar-refractivity contribution in [3.8, 4) is 11.6 Å². The van der Waals surface area contributed by atoms with Crippen molar-refractivity contribution in [3.05, 3.63) is 52.2 Å². The lowest BCUT2D eigenvalue weighted by Crippen LogP contribution is -2.14.